The first-order valence-corrected chi connectivity index (χ1v) is 19.3. The van der Waals surface area contributed by atoms with E-state index in [1.807, 2.05) is 0 Å². The van der Waals surface area contributed by atoms with Crippen molar-refractivity contribution in [3.8, 4) is 27.9 Å². The molecule has 1 saturated carbocycles. The molecule has 53 heavy (non-hydrogen) atoms. The molecule has 1 fully saturated rings. The summed E-state index contributed by atoms with van der Waals surface area (Å²) in [6, 6.07) is 63.6. The maximum Gasteiger partial charge on any atom is 0.0553 e. The largest absolute Gasteiger partial charge is 0.309 e. The Morgan fingerprint density at radius 3 is 1.55 bits per heavy atom. The highest BCUT2D eigenvalue weighted by molar-refractivity contribution is 6.30. The molecule has 10 aromatic rings. The van der Waals surface area contributed by atoms with E-state index in [2.05, 4.69) is 174 Å². The third kappa shape index (κ3) is 4.77. The van der Waals surface area contributed by atoms with Crippen LogP contribution in [0.2, 0.25) is 0 Å². The Balaban J connectivity index is 1.18. The van der Waals surface area contributed by atoms with Crippen molar-refractivity contribution in [3.05, 3.63) is 175 Å². The zero-order chi connectivity index (χ0) is 34.9. The molecule has 0 radical (unpaired) electrons. The predicted octanol–water partition coefficient (Wildman–Crippen LogP) is 14.8. The van der Waals surface area contributed by atoms with Crippen LogP contribution in [0.3, 0.4) is 0 Å². The van der Waals surface area contributed by atoms with E-state index in [1.54, 1.807) is 0 Å². The smallest absolute Gasteiger partial charge is 0.0553 e. The Morgan fingerprint density at radius 1 is 0.377 bits per heavy atom. The zero-order valence-corrected chi connectivity index (χ0v) is 29.7. The summed E-state index contributed by atoms with van der Waals surface area (Å²) in [7, 11) is 0. The van der Waals surface area contributed by atoms with E-state index in [1.165, 1.54) is 131 Å². The van der Waals surface area contributed by atoms with Crippen LogP contribution in [0.15, 0.2) is 170 Å². The fraction of sp³-hybridized carbons (Fsp3) is 0.115. The first-order valence-electron chi connectivity index (χ1n) is 19.3. The van der Waals surface area contributed by atoms with Crippen molar-refractivity contribution in [3.63, 3.8) is 0 Å². The summed E-state index contributed by atoms with van der Waals surface area (Å²) < 4.78 is 2.55. The first kappa shape index (κ1) is 30.4. The van der Waals surface area contributed by atoms with Gasteiger partial charge in [-0.05, 0) is 120 Å². The van der Waals surface area contributed by atoms with E-state index in [4.69, 9.17) is 0 Å². The van der Waals surface area contributed by atoms with Crippen LogP contribution >= 0.6 is 0 Å². The van der Waals surface area contributed by atoms with Gasteiger partial charge in [-0.2, -0.15) is 0 Å². The van der Waals surface area contributed by atoms with Gasteiger partial charge in [-0.25, -0.2) is 0 Å². The lowest BCUT2D eigenvalue weighted by Crippen LogP contribution is -2.05. The van der Waals surface area contributed by atoms with Gasteiger partial charge in [0.25, 0.3) is 0 Å². The van der Waals surface area contributed by atoms with Gasteiger partial charge in [-0.1, -0.05) is 159 Å². The molecule has 1 aliphatic carbocycles. The molecule has 1 heteroatoms. The minimum Gasteiger partial charge on any atom is -0.309 e. The van der Waals surface area contributed by atoms with Gasteiger partial charge in [-0.3, -0.25) is 0 Å². The molecule has 0 bridgehead atoms. The third-order valence-electron chi connectivity index (χ3n) is 12.1. The van der Waals surface area contributed by atoms with Crippen LogP contribution in [-0.2, 0) is 0 Å². The average Bonchev–Trinajstić information content (AvgIpc) is 3.58. The summed E-state index contributed by atoms with van der Waals surface area (Å²) in [6.45, 7) is 0. The second-order valence-corrected chi connectivity index (χ2v) is 15.0. The molecule has 1 aliphatic rings. The van der Waals surface area contributed by atoms with Crippen LogP contribution in [0.4, 0.5) is 0 Å². The van der Waals surface area contributed by atoms with Crippen LogP contribution in [0.1, 0.15) is 43.6 Å². The fourth-order valence-corrected chi connectivity index (χ4v) is 9.72. The first-order chi connectivity index (χ1) is 26.3. The summed E-state index contributed by atoms with van der Waals surface area (Å²) in [6.07, 6.45) is 6.55. The Morgan fingerprint density at radius 2 is 0.868 bits per heavy atom. The molecule has 0 spiro atoms. The highest BCUT2D eigenvalue weighted by Crippen LogP contribution is 2.47. The molecule has 0 N–H and O–H groups in total. The molecule has 9 aromatic carbocycles. The van der Waals surface area contributed by atoms with E-state index in [0.29, 0.717) is 5.92 Å². The SMILES string of the molecule is c1ccc(-n2c3cc(-c4ccc(-c5cc6ccccc6c6ccccc56)cc4)c4ccccc4c3c3c4ccccc4c(C4CCCCC4)cc32)cc1. The Kier molecular flexibility index (Phi) is 7.01. The third-order valence-corrected chi connectivity index (χ3v) is 12.1. The lowest BCUT2D eigenvalue weighted by atomic mass is 9.81. The Hall–Kier alpha value is -6.18. The molecular weight excluding hydrogens is 639 g/mol. The van der Waals surface area contributed by atoms with Crippen LogP contribution in [0.5, 0.6) is 0 Å². The number of para-hydroxylation sites is 1. The van der Waals surface area contributed by atoms with Gasteiger partial charge in [0.2, 0.25) is 0 Å². The number of benzene rings is 9. The lowest BCUT2D eigenvalue weighted by molar-refractivity contribution is 0.446. The number of hydrogen-bond donors (Lipinski definition) is 0. The minimum absolute atomic E-state index is 0.603. The van der Waals surface area contributed by atoms with Gasteiger partial charge in [-0.15, -0.1) is 0 Å². The summed E-state index contributed by atoms with van der Waals surface area (Å²) >= 11 is 0. The van der Waals surface area contributed by atoms with Crippen molar-refractivity contribution in [2.75, 3.05) is 0 Å². The van der Waals surface area contributed by atoms with Gasteiger partial charge in [0.1, 0.15) is 0 Å². The van der Waals surface area contributed by atoms with E-state index in [9.17, 15) is 0 Å². The Bertz CT molecular complexity index is 3010. The second kappa shape index (κ2) is 12.2. The molecule has 0 amide bonds. The Labute approximate surface area is 309 Å². The van der Waals surface area contributed by atoms with Gasteiger partial charge in [0, 0.05) is 16.5 Å². The van der Waals surface area contributed by atoms with E-state index in [-0.39, 0.29) is 0 Å². The van der Waals surface area contributed by atoms with Gasteiger partial charge < -0.3 is 4.57 Å². The summed E-state index contributed by atoms with van der Waals surface area (Å²) in [4.78, 5) is 0. The molecule has 1 heterocycles. The molecule has 252 valence electrons. The van der Waals surface area contributed by atoms with Crippen molar-refractivity contribution in [2.45, 2.75) is 38.0 Å². The van der Waals surface area contributed by atoms with Crippen LogP contribution in [-0.4, -0.2) is 4.57 Å². The topological polar surface area (TPSA) is 4.93 Å². The monoisotopic (exact) mass is 677 g/mol. The van der Waals surface area contributed by atoms with Crippen LogP contribution in [0.25, 0.3) is 92.8 Å². The van der Waals surface area contributed by atoms with Crippen molar-refractivity contribution in [1.82, 2.24) is 4.57 Å². The predicted molar refractivity (Wildman–Crippen MR) is 228 cm³/mol. The molecule has 1 nitrogen and oxygen atoms in total. The second-order valence-electron chi connectivity index (χ2n) is 15.0. The highest BCUT2D eigenvalue weighted by Gasteiger charge is 2.24. The summed E-state index contributed by atoms with van der Waals surface area (Å²) in [5.74, 6) is 0.603. The lowest BCUT2D eigenvalue weighted by Gasteiger charge is -2.24. The molecular formula is C52H39N. The maximum absolute atomic E-state index is 2.57. The van der Waals surface area contributed by atoms with Crippen molar-refractivity contribution < 1.29 is 0 Å². The van der Waals surface area contributed by atoms with Gasteiger partial charge in [0.15, 0.2) is 0 Å². The standard InChI is InChI=1S/C52H39N/c1-3-15-34(16-4-1)47-32-49-51(44-25-13-11-23-42(44)47)52-45-26-14-12-24-43(45)48(33-50(52)53(49)38-18-5-2-6-19-38)36-29-27-35(28-30-36)46-31-37-17-7-8-20-39(37)40-21-9-10-22-41(40)46/h2,5-14,17-34H,1,3-4,15-16H2. The van der Waals surface area contributed by atoms with Crippen molar-refractivity contribution in [2.24, 2.45) is 0 Å². The van der Waals surface area contributed by atoms with Gasteiger partial charge in [0.05, 0.1) is 11.0 Å². The van der Waals surface area contributed by atoms with Crippen molar-refractivity contribution in [1.29, 1.82) is 0 Å². The van der Waals surface area contributed by atoms with Crippen LogP contribution < -0.4 is 0 Å². The molecule has 11 rings (SSSR count). The molecule has 0 atom stereocenters. The fourth-order valence-electron chi connectivity index (χ4n) is 9.72. The molecule has 1 aromatic heterocycles. The number of rotatable bonds is 4. The molecule has 0 aliphatic heterocycles. The minimum atomic E-state index is 0.603. The summed E-state index contributed by atoms with van der Waals surface area (Å²) in [5, 5.41) is 13.3. The zero-order valence-electron chi connectivity index (χ0n) is 29.7. The number of nitrogens with zero attached hydrogens (tertiary/aromatic N) is 1. The van der Waals surface area contributed by atoms with E-state index < -0.39 is 0 Å². The number of fused-ring (bicyclic) bond motifs is 10. The highest BCUT2D eigenvalue weighted by atomic mass is 15.0. The normalized spacial score (nSPS) is 14.0. The number of hydrogen-bond acceptors (Lipinski definition) is 0. The van der Waals surface area contributed by atoms with E-state index in [0.717, 1.165) is 0 Å². The molecule has 0 unspecified atom stereocenters. The maximum atomic E-state index is 2.57. The quantitative estimate of drug-likeness (QED) is 0.163. The molecule has 0 saturated heterocycles. The number of aromatic nitrogens is 1. The van der Waals surface area contributed by atoms with Gasteiger partial charge >= 0.3 is 0 Å². The van der Waals surface area contributed by atoms with Crippen molar-refractivity contribution >= 4 is 64.9 Å². The van der Waals surface area contributed by atoms with E-state index >= 15 is 0 Å². The summed E-state index contributed by atoms with van der Waals surface area (Å²) in [5.41, 5.74) is 10.3. The average molecular weight is 678 g/mol. The van der Waals surface area contributed by atoms with Crippen LogP contribution in [0, 0.1) is 0 Å².